The highest BCUT2D eigenvalue weighted by Gasteiger charge is 2.15. The van der Waals surface area contributed by atoms with Crippen LogP contribution >= 0.6 is 0 Å². The van der Waals surface area contributed by atoms with Crippen LogP contribution in [0.5, 0.6) is 11.5 Å². The van der Waals surface area contributed by atoms with Crippen molar-refractivity contribution in [3.05, 3.63) is 65.7 Å². The molecule has 0 unspecified atom stereocenters. The van der Waals surface area contributed by atoms with E-state index in [9.17, 15) is 5.11 Å². The van der Waals surface area contributed by atoms with Crippen molar-refractivity contribution in [3.63, 3.8) is 0 Å². The Labute approximate surface area is 137 Å². The maximum atomic E-state index is 9.39. The number of benzene rings is 2. The molecule has 0 fully saturated rings. The summed E-state index contributed by atoms with van der Waals surface area (Å²) in [4.78, 5) is 2.43. The standard InChI is InChI=1S/C20H23NO2/c1-2-23-20-6-4-3-5-18(20)15-21-13-11-17(12-14-21)16-7-9-19(22)10-8-16/h3-11,22H,2,12-15H2,1H3. The van der Waals surface area contributed by atoms with Gasteiger partial charge in [-0.15, -0.1) is 0 Å². The highest BCUT2D eigenvalue weighted by molar-refractivity contribution is 5.67. The number of nitrogens with zero attached hydrogens (tertiary/aromatic N) is 1. The molecule has 0 aromatic heterocycles. The third kappa shape index (κ3) is 3.93. The minimum Gasteiger partial charge on any atom is -0.508 e. The molecule has 120 valence electrons. The molecule has 3 heteroatoms. The minimum atomic E-state index is 0.319. The number of hydrogen-bond acceptors (Lipinski definition) is 3. The summed E-state index contributed by atoms with van der Waals surface area (Å²) in [7, 11) is 0. The Hall–Kier alpha value is -2.26. The van der Waals surface area contributed by atoms with Gasteiger partial charge in [0.2, 0.25) is 0 Å². The van der Waals surface area contributed by atoms with E-state index in [1.165, 1.54) is 16.7 Å². The fourth-order valence-corrected chi connectivity index (χ4v) is 2.96. The van der Waals surface area contributed by atoms with Crippen LogP contribution in [-0.2, 0) is 6.54 Å². The highest BCUT2D eigenvalue weighted by Crippen LogP contribution is 2.26. The molecule has 0 bridgehead atoms. The number of ether oxygens (including phenoxy) is 1. The predicted octanol–water partition coefficient (Wildman–Crippen LogP) is 4.08. The summed E-state index contributed by atoms with van der Waals surface area (Å²) in [6, 6.07) is 15.8. The van der Waals surface area contributed by atoms with Crippen LogP contribution in [0.4, 0.5) is 0 Å². The first-order valence-electron chi connectivity index (χ1n) is 8.17. The first kappa shape index (κ1) is 15.6. The van der Waals surface area contributed by atoms with Crippen LogP contribution in [-0.4, -0.2) is 29.7 Å². The molecule has 23 heavy (non-hydrogen) atoms. The monoisotopic (exact) mass is 309 g/mol. The van der Waals surface area contributed by atoms with Gasteiger partial charge < -0.3 is 9.84 Å². The van der Waals surface area contributed by atoms with E-state index in [0.717, 1.165) is 31.8 Å². The number of rotatable bonds is 5. The van der Waals surface area contributed by atoms with Gasteiger partial charge in [-0.05, 0) is 42.7 Å². The third-order valence-electron chi connectivity index (χ3n) is 4.20. The molecule has 2 aromatic carbocycles. The lowest BCUT2D eigenvalue weighted by Crippen LogP contribution is -2.28. The smallest absolute Gasteiger partial charge is 0.123 e. The van der Waals surface area contributed by atoms with Crippen molar-refractivity contribution >= 4 is 5.57 Å². The van der Waals surface area contributed by atoms with Crippen LogP contribution in [0.15, 0.2) is 54.6 Å². The lowest BCUT2D eigenvalue weighted by molar-refractivity contribution is 0.280. The second-order valence-corrected chi connectivity index (χ2v) is 5.80. The van der Waals surface area contributed by atoms with Gasteiger partial charge in [-0.1, -0.05) is 36.4 Å². The van der Waals surface area contributed by atoms with Crippen molar-refractivity contribution in [3.8, 4) is 11.5 Å². The van der Waals surface area contributed by atoms with Gasteiger partial charge in [0.25, 0.3) is 0 Å². The van der Waals surface area contributed by atoms with E-state index in [1.54, 1.807) is 12.1 Å². The molecular weight excluding hydrogens is 286 g/mol. The van der Waals surface area contributed by atoms with Crippen molar-refractivity contribution in [1.29, 1.82) is 0 Å². The van der Waals surface area contributed by atoms with Crippen LogP contribution in [0.3, 0.4) is 0 Å². The zero-order valence-electron chi connectivity index (χ0n) is 13.5. The van der Waals surface area contributed by atoms with Crippen molar-refractivity contribution in [2.45, 2.75) is 19.9 Å². The first-order chi connectivity index (χ1) is 11.3. The normalized spacial score (nSPS) is 15.3. The van der Waals surface area contributed by atoms with E-state index in [-0.39, 0.29) is 0 Å². The Balaban J connectivity index is 1.66. The number of aromatic hydroxyl groups is 1. The van der Waals surface area contributed by atoms with Crippen molar-refractivity contribution in [1.82, 2.24) is 4.90 Å². The van der Waals surface area contributed by atoms with Crippen LogP contribution < -0.4 is 4.74 Å². The Morgan fingerprint density at radius 1 is 1.09 bits per heavy atom. The molecule has 1 heterocycles. The van der Waals surface area contributed by atoms with E-state index in [1.807, 2.05) is 31.2 Å². The average molecular weight is 309 g/mol. The van der Waals surface area contributed by atoms with E-state index in [0.29, 0.717) is 12.4 Å². The average Bonchev–Trinajstić information content (AvgIpc) is 2.58. The van der Waals surface area contributed by atoms with Crippen molar-refractivity contribution in [2.24, 2.45) is 0 Å². The van der Waals surface area contributed by atoms with Crippen molar-refractivity contribution < 1.29 is 9.84 Å². The fraction of sp³-hybridized carbons (Fsp3) is 0.300. The second kappa shape index (κ2) is 7.34. The Morgan fingerprint density at radius 2 is 1.87 bits per heavy atom. The predicted molar refractivity (Wildman–Crippen MR) is 93.6 cm³/mol. The van der Waals surface area contributed by atoms with Crippen LogP contribution in [0.25, 0.3) is 5.57 Å². The second-order valence-electron chi connectivity index (χ2n) is 5.80. The summed E-state index contributed by atoms with van der Waals surface area (Å²) in [5, 5.41) is 9.39. The van der Waals surface area contributed by atoms with Gasteiger partial charge in [-0.3, -0.25) is 4.90 Å². The molecule has 1 aliphatic rings. The van der Waals surface area contributed by atoms with Crippen LogP contribution in [0.2, 0.25) is 0 Å². The molecule has 0 amide bonds. The highest BCUT2D eigenvalue weighted by atomic mass is 16.5. The summed E-state index contributed by atoms with van der Waals surface area (Å²) < 4.78 is 5.71. The summed E-state index contributed by atoms with van der Waals surface area (Å²) in [6.07, 6.45) is 3.32. The number of phenols is 1. The maximum Gasteiger partial charge on any atom is 0.123 e. The Kier molecular flexibility index (Phi) is 4.99. The maximum absolute atomic E-state index is 9.39. The molecule has 1 N–H and O–H groups in total. The summed E-state index contributed by atoms with van der Waals surface area (Å²) in [5.74, 6) is 1.31. The van der Waals surface area contributed by atoms with Gasteiger partial charge in [0.1, 0.15) is 11.5 Å². The molecule has 3 nitrogen and oxygen atoms in total. The molecule has 0 saturated carbocycles. The fourth-order valence-electron chi connectivity index (χ4n) is 2.96. The molecule has 2 aromatic rings. The van der Waals surface area contributed by atoms with E-state index in [4.69, 9.17) is 4.74 Å². The van der Waals surface area contributed by atoms with Gasteiger partial charge in [-0.2, -0.15) is 0 Å². The van der Waals surface area contributed by atoms with E-state index >= 15 is 0 Å². The molecule has 0 atom stereocenters. The zero-order valence-corrected chi connectivity index (χ0v) is 13.5. The first-order valence-corrected chi connectivity index (χ1v) is 8.17. The molecular formula is C20H23NO2. The molecule has 0 saturated heterocycles. The molecule has 3 rings (SSSR count). The largest absolute Gasteiger partial charge is 0.508 e. The lowest BCUT2D eigenvalue weighted by Gasteiger charge is -2.27. The van der Waals surface area contributed by atoms with Gasteiger partial charge in [0.05, 0.1) is 6.61 Å². The van der Waals surface area contributed by atoms with E-state index < -0.39 is 0 Å². The summed E-state index contributed by atoms with van der Waals surface area (Å²) >= 11 is 0. The number of para-hydroxylation sites is 1. The number of phenolic OH excluding ortho intramolecular Hbond substituents is 1. The Bertz CT molecular complexity index is 676. The Morgan fingerprint density at radius 3 is 2.57 bits per heavy atom. The van der Waals surface area contributed by atoms with Crippen LogP contribution in [0, 0.1) is 0 Å². The van der Waals surface area contributed by atoms with Gasteiger partial charge in [-0.25, -0.2) is 0 Å². The molecule has 0 aliphatic carbocycles. The van der Waals surface area contributed by atoms with Crippen molar-refractivity contribution in [2.75, 3.05) is 19.7 Å². The third-order valence-corrected chi connectivity index (χ3v) is 4.20. The summed E-state index contributed by atoms with van der Waals surface area (Å²) in [6.45, 7) is 5.60. The van der Waals surface area contributed by atoms with Crippen LogP contribution in [0.1, 0.15) is 24.5 Å². The molecule has 0 radical (unpaired) electrons. The molecule has 0 spiro atoms. The molecule has 1 aliphatic heterocycles. The number of hydrogen-bond donors (Lipinski definition) is 1. The zero-order chi connectivity index (χ0) is 16.1. The van der Waals surface area contributed by atoms with E-state index in [2.05, 4.69) is 23.1 Å². The van der Waals surface area contributed by atoms with Gasteiger partial charge >= 0.3 is 0 Å². The quantitative estimate of drug-likeness (QED) is 0.903. The topological polar surface area (TPSA) is 32.7 Å². The minimum absolute atomic E-state index is 0.319. The summed E-state index contributed by atoms with van der Waals surface area (Å²) in [5.41, 5.74) is 3.81. The van der Waals surface area contributed by atoms with Gasteiger partial charge in [0, 0.05) is 25.2 Å². The lowest BCUT2D eigenvalue weighted by atomic mass is 9.99. The SMILES string of the molecule is CCOc1ccccc1CN1CC=C(c2ccc(O)cc2)CC1. The van der Waals surface area contributed by atoms with Gasteiger partial charge in [0.15, 0.2) is 0 Å².